The Labute approximate surface area is 208 Å². The number of hydrogen-bond acceptors (Lipinski definition) is 3. The van der Waals surface area contributed by atoms with Gasteiger partial charge in [-0.1, -0.05) is 59.4 Å². The molecule has 9 heteroatoms. The lowest BCUT2D eigenvalue weighted by atomic mass is 10.1. The van der Waals surface area contributed by atoms with Gasteiger partial charge in [0.15, 0.2) is 6.61 Å². The molecule has 2 aromatic carbocycles. The van der Waals surface area contributed by atoms with Crippen LogP contribution in [0.3, 0.4) is 0 Å². The number of ether oxygens (including phenoxy) is 1. The fraction of sp³-hybridized carbons (Fsp3) is 0.391. The number of nitrogens with one attached hydrogen (secondary N) is 1. The molecule has 0 radical (unpaired) electrons. The summed E-state index contributed by atoms with van der Waals surface area (Å²) in [7, 11) is 0. The van der Waals surface area contributed by atoms with Crippen molar-refractivity contribution in [2.24, 2.45) is 0 Å². The summed E-state index contributed by atoms with van der Waals surface area (Å²) >= 11 is 24.7. The first kappa shape index (κ1) is 26.6. The Bertz CT molecular complexity index is 956. The molecule has 0 fully saturated rings. The molecular formula is C23H26Cl4N2O3. The summed E-state index contributed by atoms with van der Waals surface area (Å²) in [6.07, 6.45) is 0.386. The number of nitrogens with zero attached hydrogens (tertiary/aromatic N) is 1. The molecule has 0 spiro atoms. The van der Waals surface area contributed by atoms with E-state index in [0.29, 0.717) is 32.8 Å². The zero-order valence-electron chi connectivity index (χ0n) is 18.3. The SMILES string of the molecule is CCC(C(=O)NC(C)(C)C)N(Cc1c(Cl)cccc1Cl)C(=O)COc1ccc(Cl)cc1Cl. The lowest BCUT2D eigenvalue weighted by molar-refractivity contribution is -0.143. The third kappa shape index (κ3) is 7.45. The monoisotopic (exact) mass is 518 g/mol. The van der Waals surface area contributed by atoms with Crippen molar-refractivity contribution in [3.8, 4) is 5.75 Å². The third-order valence-electron chi connectivity index (χ3n) is 4.52. The summed E-state index contributed by atoms with van der Waals surface area (Å²) in [5.41, 5.74) is 0.0879. The van der Waals surface area contributed by atoms with Crippen LogP contribution in [0.15, 0.2) is 36.4 Å². The van der Waals surface area contributed by atoms with Crippen LogP contribution in [0.1, 0.15) is 39.7 Å². The number of rotatable bonds is 8. The molecule has 2 rings (SSSR count). The van der Waals surface area contributed by atoms with E-state index in [-0.39, 0.29) is 24.1 Å². The van der Waals surface area contributed by atoms with Gasteiger partial charge in [0.25, 0.3) is 5.91 Å². The van der Waals surface area contributed by atoms with Crippen molar-refractivity contribution < 1.29 is 14.3 Å². The quantitative estimate of drug-likeness (QED) is 0.438. The van der Waals surface area contributed by atoms with Gasteiger partial charge in [0, 0.05) is 32.7 Å². The normalized spacial score (nSPS) is 12.2. The average Bonchev–Trinajstić information content (AvgIpc) is 2.67. The zero-order chi connectivity index (χ0) is 24.1. The summed E-state index contributed by atoms with van der Waals surface area (Å²) < 4.78 is 5.63. The van der Waals surface area contributed by atoms with Crippen LogP contribution in [0.5, 0.6) is 5.75 Å². The van der Waals surface area contributed by atoms with Gasteiger partial charge in [-0.25, -0.2) is 0 Å². The van der Waals surface area contributed by atoms with E-state index < -0.39 is 17.5 Å². The van der Waals surface area contributed by atoms with Gasteiger partial charge < -0.3 is 15.0 Å². The summed E-state index contributed by atoms with van der Waals surface area (Å²) in [4.78, 5) is 27.7. The van der Waals surface area contributed by atoms with Crippen molar-refractivity contribution in [3.05, 3.63) is 62.1 Å². The van der Waals surface area contributed by atoms with E-state index >= 15 is 0 Å². The molecule has 2 amide bonds. The Morgan fingerprint density at radius 3 is 2.19 bits per heavy atom. The lowest BCUT2D eigenvalue weighted by Crippen LogP contribution is -2.54. The van der Waals surface area contributed by atoms with Crippen LogP contribution in [-0.2, 0) is 16.1 Å². The number of hydrogen-bond donors (Lipinski definition) is 1. The van der Waals surface area contributed by atoms with Gasteiger partial charge in [-0.05, 0) is 57.5 Å². The number of carbonyl (C=O) groups excluding carboxylic acids is 2. The second-order valence-corrected chi connectivity index (χ2v) is 9.91. The minimum Gasteiger partial charge on any atom is -0.482 e. The van der Waals surface area contributed by atoms with E-state index in [2.05, 4.69) is 5.32 Å². The molecule has 174 valence electrons. The van der Waals surface area contributed by atoms with Gasteiger partial charge >= 0.3 is 0 Å². The molecule has 0 saturated carbocycles. The first-order valence-electron chi connectivity index (χ1n) is 10.0. The van der Waals surface area contributed by atoms with E-state index in [1.807, 2.05) is 27.7 Å². The van der Waals surface area contributed by atoms with Gasteiger partial charge in [-0.3, -0.25) is 9.59 Å². The maximum atomic E-state index is 13.3. The van der Waals surface area contributed by atoms with Crippen LogP contribution in [0, 0.1) is 0 Å². The van der Waals surface area contributed by atoms with Gasteiger partial charge in [0.1, 0.15) is 11.8 Å². The molecule has 2 aromatic rings. The highest BCUT2D eigenvalue weighted by atomic mass is 35.5. The Balaban J connectivity index is 2.33. The van der Waals surface area contributed by atoms with Crippen molar-refractivity contribution in [3.63, 3.8) is 0 Å². The average molecular weight is 520 g/mol. The number of carbonyl (C=O) groups is 2. The van der Waals surface area contributed by atoms with Crippen LogP contribution in [-0.4, -0.2) is 34.9 Å². The Morgan fingerprint density at radius 1 is 1.03 bits per heavy atom. The standard InChI is InChI=1S/C23H26Cl4N2O3/c1-5-19(22(31)28-23(2,3)4)29(12-15-16(25)7-6-8-17(15)26)21(30)13-32-20-10-9-14(24)11-18(20)27/h6-11,19H,5,12-13H2,1-4H3,(H,28,31). The molecule has 0 heterocycles. The lowest BCUT2D eigenvalue weighted by Gasteiger charge is -2.33. The summed E-state index contributed by atoms with van der Waals surface area (Å²) in [6, 6.07) is 9.05. The molecule has 1 unspecified atom stereocenters. The fourth-order valence-corrected chi connectivity index (χ4v) is 4.02. The third-order valence-corrected chi connectivity index (χ3v) is 5.76. The highest BCUT2D eigenvalue weighted by molar-refractivity contribution is 6.36. The van der Waals surface area contributed by atoms with Gasteiger partial charge in [-0.15, -0.1) is 0 Å². The fourth-order valence-electron chi connectivity index (χ4n) is 3.04. The van der Waals surface area contributed by atoms with Crippen LogP contribution >= 0.6 is 46.4 Å². The molecule has 1 N–H and O–H groups in total. The molecule has 0 aromatic heterocycles. The molecule has 0 bridgehead atoms. The van der Waals surface area contributed by atoms with E-state index in [0.717, 1.165) is 0 Å². The molecule has 0 saturated heterocycles. The molecular weight excluding hydrogens is 494 g/mol. The smallest absolute Gasteiger partial charge is 0.261 e. The van der Waals surface area contributed by atoms with Crippen LogP contribution < -0.4 is 10.1 Å². The minimum absolute atomic E-state index is 0.0467. The van der Waals surface area contributed by atoms with Gasteiger partial charge in [-0.2, -0.15) is 0 Å². The second-order valence-electron chi connectivity index (χ2n) is 8.25. The molecule has 0 aliphatic carbocycles. The molecule has 0 aliphatic heterocycles. The van der Waals surface area contributed by atoms with Crippen LogP contribution in [0.4, 0.5) is 0 Å². The predicted octanol–water partition coefficient (Wildman–Crippen LogP) is 6.40. The molecule has 1 atom stereocenters. The number of halogens is 4. The predicted molar refractivity (Wildman–Crippen MR) is 131 cm³/mol. The zero-order valence-corrected chi connectivity index (χ0v) is 21.4. The maximum absolute atomic E-state index is 13.3. The summed E-state index contributed by atoms with van der Waals surface area (Å²) in [5, 5.41) is 4.48. The Morgan fingerprint density at radius 2 is 1.66 bits per heavy atom. The van der Waals surface area contributed by atoms with Crippen molar-refractivity contribution >= 4 is 58.2 Å². The Hall–Kier alpha value is -1.66. The largest absolute Gasteiger partial charge is 0.482 e. The highest BCUT2D eigenvalue weighted by Gasteiger charge is 2.31. The van der Waals surface area contributed by atoms with Crippen molar-refractivity contribution in [1.29, 1.82) is 0 Å². The highest BCUT2D eigenvalue weighted by Crippen LogP contribution is 2.29. The molecule has 5 nitrogen and oxygen atoms in total. The van der Waals surface area contributed by atoms with Crippen molar-refractivity contribution in [2.45, 2.75) is 52.2 Å². The minimum atomic E-state index is -0.752. The van der Waals surface area contributed by atoms with E-state index in [1.165, 1.54) is 11.0 Å². The molecule has 32 heavy (non-hydrogen) atoms. The number of amides is 2. The Kier molecular flexibility index (Phi) is 9.53. The van der Waals surface area contributed by atoms with Gasteiger partial charge in [0.2, 0.25) is 5.91 Å². The van der Waals surface area contributed by atoms with Crippen LogP contribution in [0.2, 0.25) is 20.1 Å². The van der Waals surface area contributed by atoms with E-state index in [1.54, 1.807) is 30.3 Å². The number of benzene rings is 2. The first-order valence-corrected chi connectivity index (χ1v) is 11.6. The van der Waals surface area contributed by atoms with Gasteiger partial charge in [0.05, 0.1) is 5.02 Å². The maximum Gasteiger partial charge on any atom is 0.261 e. The molecule has 0 aliphatic rings. The van der Waals surface area contributed by atoms with E-state index in [9.17, 15) is 9.59 Å². The topological polar surface area (TPSA) is 58.6 Å². The van der Waals surface area contributed by atoms with Crippen molar-refractivity contribution in [1.82, 2.24) is 10.2 Å². The van der Waals surface area contributed by atoms with E-state index in [4.69, 9.17) is 51.1 Å². The summed E-state index contributed by atoms with van der Waals surface area (Å²) in [5.74, 6) is -0.378. The first-order chi connectivity index (χ1) is 14.9. The van der Waals surface area contributed by atoms with Crippen molar-refractivity contribution in [2.75, 3.05) is 6.61 Å². The van der Waals surface area contributed by atoms with Crippen LogP contribution in [0.25, 0.3) is 0 Å². The second kappa shape index (κ2) is 11.5. The summed E-state index contributed by atoms with van der Waals surface area (Å²) in [6.45, 7) is 7.17.